The molecule has 4 rings (SSSR count). The van der Waals surface area contributed by atoms with E-state index in [0.29, 0.717) is 6.54 Å². The van der Waals surface area contributed by atoms with E-state index in [1.165, 1.54) is 0 Å². The molecule has 2 aromatic rings. The molecule has 2 saturated heterocycles. The zero-order valence-corrected chi connectivity index (χ0v) is 17.2. The number of aryl methyl sites for hydroxylation is 1. The summed E-state index contributed by atoms with van der Waals surface area (Å²) >= 11 is 0. The van der Waals surface area contributed by atoms with E-state index in [-0.39, 0.29) is 23.0 Å². The van der Waals surface area contributed by atoms with Gasteiger partial charge in [0.15, 0.2) is 0 Å². The first-order valence-corrected chi connectivity index (χ1v) is 9.88. The van der Waals surface area contributed by atoms with Crippen molar-refractivity contribution in [3.63, 3.8) is 0 Å². The van der Waals surface area contributed by atoms with E-state index in [1.807, 2.05) is 82.0 Å². The number of amides is 1. The zero-order valence-electron chi connectivity index (χ0n) is 17.2. The van der Waals surface area contributed by atoms with Gasteiger partial charge in [-0.25, -0.2) is 0 Å². The fraction of sp³-hybridized carbons (Fsp3) is 0.455. The van der Waals surface area contributed by atoms with E-state index < -0.39 is 7.12 Å². The van der Waals surface area contributed by atoms with Crippen LogP contribution in [0.4, 0.5) is 5.69 Å². The molecule has 1 unspecified atom stereocenters. The summed E-state index contributed by atoms with van der Waals surface area (Å²) < 4.78 is 12.2. The minimum Gasteiger partial charge on any atom is -0.399 e. The van der Waals surface area contributed by atoms with E-state index in [0.717, 1.165) is 29.0 Å². The van der Waals surface area contributed by atoms with Crippen molar-refractivity contribution in [1.29, 1.82) is 0 Å². The minimum absolute atomic E-state index is 0.112. The number of hydrogen-bond donors (Lipinski definition) is 0. The van der Waals surface area contributed by atoms with Gasteiger partial charge in [0.05, 0.1) is 22.8 Å². The predicted octanol–water partition coefficient (Wildman–Crippen LogP) is 3.21. The summed E-state index contributed by atoms with van der Waals surface area (Å²) in [5, 5.41) is 0. The summed E-state index contributed by atoms with van der Waals surface area (Å²) in [6, 6.07) is 13.8. The molecule has 2 aliphatic heterocycles. The van der Waals surface area contributed by atoms with Crippen molar-refractivity contribution in [1.82, 2.24) is 4.98 Å². The Hall–Kier alpha value is -2.18. The van der Waals surface area contributed by atoms with Crippen molar-refractivity contribution >= 4 is 24.2 Å². The van der Waals surface area contributed by atoms with Crippen LogP contribution in [0.1, 0.15) is 51.4 Å². The van der Waals surface area contributed by atoms with Gasteiger partial charge in [0.25, 0.3) is 0 Å². The van der Waals surface area contributed by atoms with Crippen LogP contribution in [0.2, 0.25) is 0 Å². The lowest BCUT2D eigenvalue weighted by molar-refractivity contribution is -0.118. The third-order valence-corrected chi connectivity index (χ3v) is 6.20. The van der Waals surface area contributed by atoms with Crippen molar-refractivity contribution in [2.75, 3.05) is 11.4 Å². The molecule has 0 radical (unpaired) electrons. The molecular weight excluding hydrogens is 351 g/mol. The molecule has 1 aromatic heterocycles. The Bertz CT molecular complexity index is 879. The second kappa shape index (κ2) is 6.71. The summed E-state index contributed by atoms with van der Waals surface area (Å²) in [6.45, 7) is 10.8. The Labute approximate surface area is 167 Å². The van der Waals surface area contributed by atoms with Crippen LogP contribution in [0.25, 0.3) is 0 Å². The molecule has 2 fully saturated rings. The van der Waals surface area contributed by atoms with Gasteiger partial charge >= 0.3 is 7.12 Å². The van der Waals surface area contributed by atoms with Gasteiger partial charge in [0, 0.05) is 17.9 Å². The smallest absolute Gasteiger partial charge is 0.399 e. The topological polar surface area (TPSA) is 51.7 Å². The Balaban J connectivity index is 1.50. The van der Waals surface area contributed by atoms with Crippen LogP contribution in [0.15, 0.2) is 42.5 Å². The monoisotopic (exact) mass is 378 g/mol. The largest absolute Gasteiger partial charge is 0.494 e. The molecule has 0 bridgehead atoms. The average molecular weight is 378 g/mol. The van der Waals surface area contributed by atoms with Crippen LogP contribution in [0.3, 0.4) is 0 Å². The molecule has 146 valence electrons. The minimum atomic E-state index is -0.391. The molecular formula is C22H27BN2O3. The first kappa shape index (κ1) is 19.2. The predicted molar refractivity (Wildman–Crippen MR) is 111 cm³/mol. The van der Waals surface area contributed by atoms with Gasteiger partial charge in [-0.2, -0.15) is 0 Å². The molecule has 0 spiro atoms. The standard InChI is InChI=1S/C22H27BN2O3/c1-15-7-6-8-19(24-15)18-13-14-25(20(18)26)17-11-9-16(10-12-17)23-27-21(2,3)22(4,5)28-23/h6-12,18H,13-14H2,1-5H3. The number of rotatable bonds is 3. The number of aromatic nitrogens is 1. The molecule has 2 aliphatic rings. The van der Waals surface area contributed by atoms with E-state index in [2.05, 4.69) is 4.98 Å². The Kier molecular flexibility index (Phi) is 4.59. The molecule has 6 heteroatoms. The highest BCUT2D eigenvalue weighted by Crippen LogP contribution is 2.37. The van der Waals surface area contributed by atoms with Crippen LogP contribution in [0, 0.1) is 6.92 Å². The van der Waals surface area contributed by atoms with E-state index in [9.17, 15) is 4.79 Å². The molecule has 28 heavy (non-hydrogen) atoms. The van der Waals surface area contributed by atoms with Crippen LogP contribution in [0.5, 0.6) is 0 Å². The fourth-order valence-electron chi connectivity index (χ4n) is 3.76. The van der Waals surface area contributed by atoms with Gasteiger partial charge in [-0.05, 0) is 70.8 Å². The van der Waals surface area contributed by atoms with Gasteiger partial charge in [0.2, 0.25) is 5.91 Å². The van der Waals surface area contributed by atoms with E-state index >= 15 is 0 Å². The lowest BCUT2D eigenvalue weighted by Crippen LogP contribution is -2.41. The number of benzene rings is 1. The van der Waals surface area contributed by atoms with Gasteiger partial charge in [-0.15, -0.1) is 0 Å². The molecule has 1 amide bonds. The van der Waals surface area contributed by atoms with E-state index in [4.69, 9.17) is 9.31 Å². The Morgan fingerprint density at radius 2 is 1.68 bits per heavy atom. The highest BCUT2D eigenvalue weighted by atomic mass is 16.7. The number of carbonyl (C=O) groups is 1. The first-order chi connectivity index (χ1) is 13.2. The number of pyridine rings is 1. The van der Waals surface area contributed by atoms with Crippen molar-refractivity contribution in [3.05, 3.63) is 53.9 Å². The third kappa shape index (κ3) is 3.25. The summed E-state index contributed by atoms with van der Waals surface area (Å²) in [5.74, 6) is -0.0517. The highest BCUT2D eigenvalue weighted by molar-refractivity contribution is 6.62. The van der Waals surface area contributed by atoms with E-state index in [1.54, 1.807) is 0 Å². The van der Waals surface area contributed by atoms with Crippen LogP contribution >= 0.6 is 0 Å². The number of nitrogens with zero attached hydrogens (tertiary/aromatic N) is 2. The lowest BCUT2D eigenvalue weighted by atomic mass is 9.79. The summed E-state index contributed by atoms with van der Waals surface area (Å²) in [7, 11) is -0.391. The Morgan fingerprint density at radius 3 is 2.29 bits per heavy atom. The molecule has 0 saturated carbocycles. The van der Waals surface area contributed by atoms with Crippen molar-refractivity contribution in [3.8, 4) is 0 Å². The second-order valence-corrected chi connectivity index (χ2v) is 8.71. The number of anilines is 1. The SMILES string of the molecule is Cc1cccc(C2CCN(c3ccc(B4OC(C)(C)C(C)(C)O4)cc3)C2=O)n1. The number of carbonyl (C=O) groups excluding carboxylic acids is 1. The van der Waals surface area contributed by atoms with Gasteiger partial charge in [0.1, 0.15) is 0 Å². The molecule has 5 nitrogen and oxygen atoms in total. The van der Waals surface area contributed by atoms with Gasteiger partial charge in [-0.3, -0.25) is 9.78 Å². The lowest BCUT2D eigenvalue weighted by Gasteiger charge is -2.32. The van der Waals surface area contributed by atoms with Gasteiger partial charge in [-0.1, -0.05) is 18.2 Å². The summed E-state index contributed by atoms with van der Waals surface area (Å²) in [6.07, 6.45) is 0.786. The highest BCUT2D eigenvalue weighted by Gasteiger charge is 2.51. The van der Waals surface area contributed by atoms with Crippen LogP contribution < -0.4 is 10.4 Å². The molecule has 3 heterocycles. The van der Waals surface area contributed by atoms with Crippen LogP contribution in [-0.2, 0) is 14.1 Å². The fourth-order valence-corrected chi connectivity index (χ4v) is 3.76. The average Bonchev–Trinajstić information content (AvgIpc) is 3.12. The number of hydrogen-bond acceptors (Lipinski definition) is 4. The third-order valence-electron chi connectivity index (χ3n) is 6.20. The Morgan fingerprint density at radius 1 is 1.04 bits per heavy atom. The van der Waals surface area contributed by atoms with Crippen molar-refractivity contribution < 1.29 is 14.1 Å². The maximum atomic E-state index is 13.0. The van der Waals surface area contributed by atoms with Crippen LogP contribution in [-0.4, -0.2) is 35.8 Å². The van der Waals surface area contributed by atoms with Gasteiger partial charge < -0.3 is 14.2 Å². The normalized spacial score (nSPS) is 23.5. The maximum Gasteiger partial charge on any atom is 0.494 e. The molecule has 0 N–H and O–H groups in total. The quantitative estimate of drug-likeness (QED) is 0.770. The molecule has 1 atom stereocenters. The van der Waals surface area contributed by atoms with Crippen molar-refractivity contribution in [2.45, 2.75) is 58.2 Å². The molecule has 0 aliphatic carbocycles. The zero-order chi connectivity index (χ0) is 20.1. The first-order valence-electron chi connectivity index (χ1n) is 9.88. The molecule has 1 aromatic carbocycles. The summed E-state index contributed by atoms with van der Waals surface area (Å²) in [4.78, 5) is 19.4. The second-order valence-electron chi connectivity index (χ2n) is 8.71. The van der Waals surface area contributed by atoms with Crippen molar-refractivity contribution in [2.24, 2.45) is 0 Å². The summed E-state index contributed by atoms with van der Waals surface area (Å²) in [5.41, 5.74) is 2.94. The maximum absolute atomic E-state index is 13.0.